The van der Waals surface area contributed by atoms with E-state index >= 15 is 0 Å². The Morgan fingerprint density at radius 2 is 2.17 bits per heavy atom. The van der Waals surface area contributed by atoms with Crippen LogP contribution in [0.15, 0.2) is 41.1 Å². The normalized spacial score (nSPS) is 14.2. The number of aryl methyl sites for hydroxylation is 1. The van der Waals surface area contributed by atoms with E-state index in [-0.39, 0.29) is 0 Å². The Labute approximate surface area is 148 Å². The lowest BCUT2D eigenvalue weighted by atomic mass is 10.0. The quantitative estimate of drug-likeness (QED) is 0.720. The van der Waals surface area contributed by atoms with Gasteiger partial charge in [-0.3, -0.25) is 4.98 Å². The van der Waals surface area contributed by atoms with E-state index in [4.69, 9.17) is 0 Å². The summed E-state index contributed by atoms with van der Waals surface area (Å²) in [6.45, 7) is 0. The molecule has 122 valence electrons. The molecule has 1 aromatic carbocycles. The van der Waals surface area contributed by atoms with Gasteiger partial charge in [0, 0.05) is 35.7 Å². The minimum atomic E-state index is -0.903. The average molecular weight is 385 g/mol. The van der Waals surface area contributed by atoms with Crippen LogP contribution >= 0.6 is 15.9 Å². The molecule has 1 aliphatic rings. The number of fused-ring (bicyclic) bond motifs is 1. The Balaban J connectivity index is 1.73. The van der Waals surface area contributed by atoms with Gasteiger partial charge in [0.15, 0.2) is 0 Å². The maximum Gasteiger partial charge on any atom is 0.337 e. The van der Waals surface area contributed by atoms with E-state index in [1.807, 2.05) is 25.5 Å². The highest BCUT2D eigenvalue weighted by molar-refractivity contribution is 9.10. The second-order valence-corrected chi connectivity index (χ2v) is 7.32. The maximum atomic E-state index is 11.6. The summed E-state index contributed by atoms with van der Waals surface area (Å²) in [5.74, 6) is -0.403. The highest BCUT2D eigenvalue weighted by Gasteiger charge is 2.25. The molecule has 1 N–H and O–H groups in total. The van der Waals surface area contributed by atoms with Crippen molar-refractivity contribution in [3.63, 3.8) is 0 Å². The summed E-state index contributed by atoms with van der Waals surface area (Å²) in [5, 5.41) is 10.7. The topological polar surface area (TPSA) is 55.1 Å². The van der Waals surface area contributed by atoms with Crippen molar-refractivity contribution in [1.82, 2.24) is 9.55 Å². The van der Waals surface area contributed by atoms with Crippen molar-refractivity contribution in [3.8, 4) is 0 Å². The summed E-state index contributed by atoms with van der Waals surface area (Å²) in [6, 6.07) is 8.01. The SMILES string of the molecule is Cn1ccc2cc(Cc3ncc(C4CC4)cc3C(=O)O)cc(Br)c21. The second-order valence-electron chi connectivity index (χ2n) is 6.46. The number of carbonyl (C=O) groups is 1. The van der Waals surface area contributed by atoms with Crippen LogP contribution in [0.3, 0.4) is 0 Å². The maximum absolute atomic E-state index is 11.6. The molecule has 1 aliphatic carbocycles. The predicted molar refractivity (Wildman–Crippen MR) is 96.6 cm³/mol. The molecule has 0 radical (unpaired) electrons. The fourth-order valence-electron chi connectivity index (χ4n) is 3.22. The number of carboxylic acid groups (broad SMARTS) is 1. The number of hydrogen-bond donors (Lipinski definition) is 1. The van der Waals surface area contributed by atoms with Crippen molar-refractivity contribution >= 4 is 32.8 Å². The molecule has 0 spiro atoms. The molecule has 2 aromatic heterocycles. The minimum absolute atomic E-state index is 0.323. The molecule has 2 heterocycles. The molecule has 3 aromatic rings. The van der Waals surface area contributed by atoms with Gasteiger partial charge in [-0.1, -0.05) is 0 Å². The molecule has 1 fully saturated rings. The van der Waals surface area contributed by atoms with Crippen LogP contribution in [0.2, 0.25) is 0 Å². The number of aromatic nitrogens is 2. The van der Waals surface area contributed by atoms with Gasteiger partial charge in [-0.25, -0.2) is 4.79 Å². The van der Waals surface area contributed by atoms with Gasteiger partial charge in [0.1, 0.15) is 0 Å². The van der Waals surface area contributed by atoms with Crippen molar-refractivity contribution in [1.29, 1.82) is 0 Å². The highest BCUT2D eigenvalue weighted by atomic mass is 79.9. The molecule has 4 rings (SSSR count). The lowest BCUT2D eigenvalue weighted by Crippen LogP contribution is -2.07. The van der Waals surface area contributed by atoms with Crippen LogP contribution in [-0.4, -0.2) is 20.6 Å². The number of carboxylic acids is 1. The van der Waals surface area contributed by atoms with Gasteiger partial charge in [0.25, 0.3) is 0 Å². The molecule has 0 unspecified atom stereocenters. The lowest BCUT2D eigenvalue weighted by Gasteiger charge is -2.09. The zero-order chi connectivity index (χ0) is 16.8. The summed E-state index contributed by atoms with van der Waals surface area (Å²) in [7, 11) is 2.01. The third-order valence-corrected chi connectivity index (χ3v) is 5.23. The Hall–Kier alpha value is -2.14. The summed E-state index contributed by atoms with van der Waals surface area (Å²) in [5.41, 5.74) is 4.18. The van der Waals surface area contributed by atoms with Crippen LogP contribution in [0.1, 0.15) is 45.9 Å². The Morgan fingerprint density at radius 3 is 2.88 bits per heavy atom. The van der Waals surface area contributed by atoms with Gasteiger partial charge >= 0.3 is 5.97 Å². The summed E-state index contributed by atoms with van der Waals surface area (Å²) >= 11 is 3.62. The van der Waals surface area contributed by atoms with E-state index in [1.54, 1.807) is 6.07 Å². The van der Waals surface area contributed by atoms with Crippen molar-refractivity contribution in [2.45, 2.75) is 25.2 Å². The van der Waals surface area contributed by atoms with E-state index in [9.17, 15) is 9.90 Å². The monoisotopic (exact) mass is 384 g/mol. The van der Waals surface area contributed by atoms with Gasteiger partial charge in [-0.2, -0.15) is 0 Å². The third kappa shape index (κ3) is 2.73. The first-order valence-electron chi connectivity index (χ1n) is 7.98. The number of nitrogens with zero attached hydrogens (tertiary/aromatic N) is 2. The van der Waals surface area contributed by atoms with Crippen molar-refractivity contribution in [3.05, 3.63) is 63.5 Å². The average Bonchev–Trinajstić information content (AvgIpc) is 3.31. The molecule has 1 saturated carbocycles. The van der Waals surface area contributed by atoms with Crippen LogP contribution in [-0.2, 0) is 13.5 Å². The fourth-order valence-corrected chi connectivity index (χ4v) is 4.02. The molecular weight excluding hydrogens is 368 g/mol. The first kappa shape index (κ1) is 15.4. The van der Waals surface area contributed by atoms with Crippen molar-refractivity contribution in [2.24, 2.45) is 7.05 Å². The summed E-state index contributed by atoms with van der Waals surface area (Å²) < 4.78 is 3.07. The van der Waals surface area contributed by atoms with Gasteiger partial charge in [-0.05, 0) is 70.1 Å². The molecule has 24 heavy (non-hydrogen) atoms. The van der Waals surface area contributed by atoms with E-state index in [1.165, 1.54) is 0 Å². The summed E-state index contributed by atoms with van der Waals surface area (Å²) in [4.78, 5) is 16.1. The molecule has 4 nitrogen and oxygen atoms in total. The Bertz CT molecular complexity index is 957. The van der Waals surface area contributed by atoms with E-state index in [0.29, 0.717) is 23.6 Å². The molecule has 0 amide bonds. The predicted octanol–water partition coefficient (Wildman–Crippen LogP) is 4.50. The number of rotatable bonds is 4. The zero-order valence-electron chi connectivity index (χ0n) is 13.3. The molecule has 5 heteroatoms. The fraction of sp³-hybridized carbons (Fsp3) is 0.263. The van der Waals surface area contributed by atoms with Gasteiger partial charge in [-0.15, -0.1) is 0 Å². The van der Waals surface area contributed by atoms with Crippen LogP contribution in [0.4, 0.5) is 0 Å². The first-order valence-corrected chi connectivity index (χ1v) is 8.78. The van der Waals surface area contributed by atoms with Gasteiger partial charge < -0.3 is 9.67 Å². The lowest BCUT2D eigenvalue weighted by molar-refractivity contribution is 0.0695. The highest BCUT2D eigenvalue weighted by Crippen LogP contribution is 2.40. The smallest absolute Gasteiger partial charge is 0.337 e. The number of hydrogen-bond acceptors (Lipinski definition) is 2. The molecular formula is C19H17BrN2O2. The van der Waals surface area contributed by atoms with Gasteiger partial charge in [0.05, 0.1) is 16.8 Å². The van der Waals surface area contributed by atoms with Crippen LogP contribution in [0, 0.1) is 0 Å². The largest absolute Gasteiger partial charge is 0.478 e. The second kappa shape index (κ2) is 5.74. The standard InChI is InChI=1S/C19H17BrN2O2/c1-22-5-4-13-6-11(7-16(20)18(13)22)8-17-15(19(23)24)9-14(10-21-17)12-2-3-12/h4-7,9-10,12H,2-3,8H2,1H3,(H,23,24). The zero-order valence-corrected chi connectivity index (χ0v) is 14.9. The third-order valence-electron chi connectivity index (χ3n) is 4.63. The molecule has 0 atom stereocenters. The minimum Gasteiger partial charge on any atom is -0.478 e. The molecule has 0 aliphatic heterocycles. The molecule has 0 saturated heterocycles. The van der Waals surface area contributed by atoms with Crippen LogP contribution in [0.5, 0.6) is 0 Å². The van der Waals surface area contributed by atoms with E-state index in [0.717, 1.165) is 39.3 Å². The van der Waals surface area contributed by atoms with E-state index < -0.39 is 5.97 Å². The first-order chi connectivity index (χ1) is 11.5. The van der Waals surface area contributed by atoms with Crippen LogP contribution in [0.25, 0.3) is 10.9 Å². The summed E-state index contributed by atoms with van der Waals surface area (Å²) in [6.07, 6.45) is 6.64. The Morgan fingerprint density at radius 1 is 1.38 bits per heavy atom. The van der Waals surface area contributed by atoms with Crippen molar-refractivity contribution in [2.75, 3.05) is 0 Å². The van der Waals surface area contributed by atoms with Crippen molar-refractivity contribution < 1.29 is 9.90 Å². The number of benzene rings is 1. The Kier molecular flexibility index (Phi) is 3.68. The number of pyridine rings is 1. The van der Waals surface area contributed by atoms with Gasteiger partial charge in [0.2, 0.25) is 0 Å². The number of halogens is 1. The molecule has 0 bridgehead atoms. The van der Waals surface area contributed by atoms with E-state index in [2.05, 4.69) is 37.6 Å². The van der Waals surface area contributed by atoms with Crippen LogP contribution < -0.4 is 0 Å². The number of aromatic carboxylic acids is 1.